The van der Waals surface area contributed by atoms with E-state index in [1.54, 1.807) is 35.7 Å². The number of benzene rings is 1. The Labute approximate surface area is 141 Å². The van der Waals surface area contributed by atoms with Crippen LogP contribution in [0.3, 0.4) is 0 Å². The summed E-state index contributed by atoms with van der Waals surface area (Å²) in [6.45, 7) is 5.99. The van der Waals surface area contributed by atoms with Gasteiger partial charge in [-0.15, -0.1) is 0 Å². The molecule has 0 radical (unpaired) electrons. The van der Waals surface area contributed by atoms with E-state index in [0.29, 0.717) is 13.0 Å². The van der Waals surface area contributed by atoms with E-state index in [4.69, 9.17) is 0 Å². The Hall–Kier alpha value is -2.21. The summed E-state index contributed by atoms with van der Waals surface area (Å²) in [6.07, 6.45) is 0.384. The maximum absolute atomic E-state index is 13.1. The molecule has 130 valence electrons. The molecule has 0 spiro atoms. The van der Waals surface area contributed by atoms with Crippen LogP contribution in [0.1, 0.15) is 30.3 Å². The van der Waals surface area contributed by atoms with Gasteiger partial charge in [-0.3, -0.25) is 4.79 Å². The minimum Gasteiger partial charge on any atom is -0.393 e. The number of aromatic nitrogens is 2. The third-order valence-corrected chi connectivity index (χ3v) is 4.15. The average molecular weight is 333 g/mol. The summed E-state index contributed by atoms with van der Waals surface area (Å²) in [4.78, 5) is 14.0. The Morgan fingerprint density at radius 1 is 1.33 bits per heavy atom. The van der Waals surface area contributed by atoms with Gasteiger partial charge in [0.2, 0.25) is 5.91 Å². The fourth-order valence-corrected chi connectivity index (χ4v) is 2.56. The number of aliphatic hydroxyl groups excluding tert-OH is 1. The van der Waals surface area contributed by atoms with Gasteiger partial charge < -0.3 is 10.0 Å². The molecule has 1 aromatic heterocycles. The fraction of sp³-hybridized carbons (Fsp3) is 0.444. The number of rotatable bonds is 6. The summed E-state index contributed by atoms with van der Waals surface area (Å²) in [5.41, 5.74) is 3.30. The van der Waals surface area contributed by atoms with Crippen LogP contribution in [0.5, 0.6) is 0 Å². The molecule has 0 bridgehead atoms. The predicted octanol–water partition coefficient (Wildman–Crippen LogP) is 2.40. The zero-order valence-corrected chi connectivity index (χ0v) is 14.6. The van der Waals surface area contributed by atoms with Crippen molar-refractivity contribution in [3.63, 3.8) is 0 Å². The zero-order chi connectivity index (χ0) is 17.9. The Morgan fingerprint density at radius 2 is 1.96 bits per heavy atom. The maximum atomic E-state index is 13.1. The average Bonchev–Trinajstić information content (AvgIpc) is 2.81. The van der Waals surface area contributed by atoms with Gasteiger partial charge in [-0.2, -0.15) is 5.10 Å². The third kappa shape index (κ3) is 4.20. The lowest BCUT2D eigenvalue weighted by Crippen LogP contribution is -2.31. The first-order valence-electron chi connectivity index (χ1n) is 8.02. The van der Waals surface area contributed by atoms with Crippen molar-refractivity contribution in [2.24, 2.45) is 0 Å². The Kier molecular flexibility index (Phi) is 5.72. The number of carbonyl (C=O) groups is 1. The molecular weight excluding hydrogens is 309 g/mol. The highest BCUT2D eigenvalue weighted by molar-refractivity contribution is 5.79. The molecule has 0 aliphatic rings. The van der Waals surface area contributed by atoms with Gasteiger partial charge in [0.05, 0.1) is 23.9 Å². The summed E-state index contributed by atoms with van der Waals surface area (Å²) < 4.78 is 14.8. The monoisotopic (exact) mass is 333 g/mol. The molecule has 5 nitrogen and oxygen atoms in total. The molecule has 0 fully saturated rings. The largest absolute Gasteiger partial charge is 0.393 e. The molecule has 6 heteroatoms. The molecule has 2 aromatic rings. The molecule has 1 heterocycles. The number of amides is 1. The SMILES string of the molecule is Cc1nn(-c2ccc(F)cc2)c(C)c1CC(=O)N(C)CCC(C)O. The number of halogens is 1. The molecule has 0 aliphatic carbocycles. The highest BCUT2D eigenvalue weighted by Crippen LogP contribution is 2.19. The van der Waals surface area contributed by atoms with Crippen LogP contribution in [0.2, 0.25) is 0 Å². The lowest BCUT2D eigenvalue weighted by atomic mass is 10.1. The van der Waals surface area contributed by atoms with Gasteiger partial charge in [-0.25, -0.2) is 9.07 Å². The molecule has 1 atom stereocenters. The van der Waals surface area contributed by atoms with Gasteiger partial charge in [0, 0.05) is 24.8 Å². The van der Waals surface area contributed by atoms with E-state index >= 15 is 0 Å². The Bertz CT molecular complexity index is 708. The number of carbonyl (C=O) groups excluding carboxylic acids is 1. The number of aryl methyl sites for hydroxylation is 1. The van der Waals surface area contributed by atoms with E-state index in [-0.39, 0.29) is 18.1 Å². The van der Waals surface area contributed by atoms with Crippen molar-refractivity contribution in [1.82, 2.24) is 14.7 Å². The molecule has 1 unspecified atom stereocenters. The quantitative estimate of drug-likeness (QED) is 0.883. The van der Waals surface area contributed by atoms with Crippen LogP contribution in [-0.2, 0) is 11.2 Å². The van der Waals surface area contributed by atoms with Crippen molar-refractivity contribution >= 4 is 5.91 Å². The summed E-state index contributed by atoms with van der Waals surface area (Å²) >= 11 is 0. The molecule has 1 N–H and O–H groups in total. The lowest BCUT2D eigenvalue weighted by Gasteiger charge is -2.18. The van der Waals surface area contributed by atoms with Crippen LogP contribution in [0.25, 0.3) is 5.69 Å². The number of likely N-dealkylation sites (N-methyl/N-ethyl adjacent to an activating group) is 1. The standard InChI is InChI=1S/C18H24FN3O2/c1-12(23)9-10-21(4)18(24)11-17-13(2)20-22(14(17)3)16-7-5-15(19)6-8-16/h5-8,12,23H,9-11H2,1-4H3. The summed E-state index contributed by atoms with van der Waals surface area (Å²) in [5.74, 6) is -0.309. The van der Waals surface area contributed by atoms with E-state index in [1.807, 2.05) is 13.8 Å². The van der Waals surface area contributed by atoms with E-state index in [0.717, 1.165) is 22.6 Å². The van der Waals surface area contributed by atoms with Crippen molar-refractivity contribution in [3.05, 3.63) is 47.0 Å². The van der Waals surface area contributed by atoms with Crippen molar-refractivity contribution in [2.75, 3.05) is 13.6 Å². The van der Waals surface area contributed by atoms with Crippen molar-refractivity contribution < 1.29 is 14.3 Å². The van der Waals surface area contributed by atoms with Crippen LogP contribution in [-0.4, -0.2) is 45.4 Å². The van der Waals surface area contributed by atoms with Gasteiger partial charge in [0.25, 0.3) is 0 Å². The second-order valence-electron chi connectivity index (χ2n) is 6.17. The second-order valence-corrected chi connectivity index (χ2v) is 6.17. The first kappa shape index (κ1) is 18.1. The van der Waals surface area contributed by atoms with Crippen molar-refractivity contribution in [2.45, 2.75) is 39.7 Å². The zero-order valence-electron chi connectivity index (χ0n) is 14.6. The summed E-state index contributed by atoms with van der Waals surface area (Å²) in [6, 6.07) is 6.10. The van der Waals surface area contributed by atoms with Gasteiger partial charge in [-0.1, -0.05) is 0 Å². The van der Waals surface area contributed by atoms with Crippen LogP contribution >= 0.6 is 0 Å². The molecular formula is C18H24FN3O2. The van der Waals surface area contributed by atoms with E-state index < -0.39 is 6.10 Å². The van der Waals surface area contributed by atoms with Gasteiger partial charge in [0.1, 0.15) is 5.82 Å². The first-order valence-corrected chi connectivity index (χ1v) is 8.02. The van der Waals surface area contributed by atoms with Crippen LogP contribution in [0, 0.1) is 19.7 Å². The first-order chi connectivity index (χ1) is 11.3. The van der Waals surface area contributed by atoms with Crippen molar-refractivity contribution in [1.29, 1.82) is 0 Å². The van der Waals surface area contributed by atoms with E-state index in [1.165, 1.54) is 12.1 Å². The van der Waals surface area contributed by atoms with E-state index in [9.17, 15) is 14.3 Å². The molecule has 0 saturated heterocycles. The number of aliphatic hydroxyl groups is 1. The predicted molar refractivity (Wildman–Crippen MR) is 90.6 cm³/mol. The number of hydrogen-bond donors (Lipinski definition) is 1. The van der Waals surface area contributed by atoms with Crippen molar-refractivity contribution in [3.8, 4) is 5.69 Å². The molecule has 24 heavy (non-hydrogen) atoms. The maximum Gasteiger partial charge on any atom is 0.226 e. The van der Waals surface area contributed by atoms with E-state index in [2.05, 4.69) is 5.10 Å². The van der Waals surface area contributed by atoms with Gasteiger partial charge in [0.15, 0.2) is 0 Å². The number of nitrogens with zero attached hydrogens (tertiary/aromatic N) is 3. The molecule has 2 rings (SSSR count). The Morgan fingerprint density at radius 3 is 2.54 bits per heavy atom. The minimum absolute atomic E-state index is 0.0134. The fourth-order valence-electron chi connectivity index (χ4n) is 2.56. The highest BCUT2D eigenvalue weighted by Gasteiger charge is 2.18. The summed E-state index contributed by atoms with van der Waals surface area (Å²) in [5, 5.41) is 13.8. The third-order valence-electron chi connectivity index (χ3n) is 4.15. The van der Waals surface area contributed by atoms with Crippen LogP contribution < -0.4 is 0 Å². The lowest BCUT2D eigenvalue weighted by molar-refractivity contribution is -0.129. The smallest absolute Gasteiger partial charge is 0.226 e. The molecule has 0 aliphatic heterocycles. The van der Waals surface area contributed by atoms with Crippen LogP contribution in [0.15, 0.2) is 24.3 Å². The second kappa shape index (κ2) is 7.57. The van der Waals surface area contributed by atoms with Gasteiger partial charge >= 0.3 is 0 Å². The minimum atomic E-state index is -0.426. The highest BCUT2D eigenvalue weighted by atomic mass is 19.1. The molecule has 1 amide bonds. The van der Waals surface area contributed by atoms with Gasteiger partial charge in [-0.05, 0) is 51.5 Å². The topological polar surface area (TPSA) is 58.4 Å². The van der Waals surface area contributed by atoms with Crippen LogP contribution in [0.4, 0.5) is 4.39 Å². The molecule has 0 saturated carbocycles. The number of hydrogen-bond acceptors (Lipinski definition) is 3. The summed E-state index contributed by atoms with van der Waals surface area (Å²) in [7, 11) is 1.74. The normalized spacial score (nSPS) is 12.2. The Balaban J connectivity index is 2.17. The molecule has 1 aromatic carbocycles.